The van der Waals surface area contributed by atoms with E-state index in [1.165, 1.54) is 11.0 Å². The molecule has 2 N–H and O–H groups in total. The quantitative estimate of drug-likeness (QED) is 0.813. The Bertz CT molecular complexity index is 483. The minimum Gasteiger partial charge on any atom is -0.391 e. The highest BCUT2D eigenvalue weighted by molar-refractivity contribution is 5.92. The molecule has 0 spiro atoms. The van der Waals surface area contributed by atoms with Crippen molar-refractivity contribution in [1.82, 2.24) is 9.88 Å². The van der Waals surface area contributed by atoms with Gasteiger partial charge in [0.05, 0.1) is 12.1 Å². The molecule has 2 atom stereocenters. The van der Waals surface area contributed by atoms with Crippen LogP contribution in [0.4, 0.5) is 0 Å². The highest BCUT2D eigenvalue weighted by Gasteiger charge is 2.29. The summed E-state index contributed by atoms with van der Waals surface area (Å²) < 4.78 is 0. The molecule has 2 rings (SSSR count). The molecule has 1 aliphatic rings. The molecule has 0 saturated heterocycles. The van der Waals surface area contributed by atoms with E-state index in [9.17, 15) is 14.7 Å². The molecule has 1 fully saturated rings. The van der Waals surface area contributed by atoms with Crippen molar-refractivity contribution in [3.63, 3.8) is 0 Å². The molecule has 1 aliphatic carbocycles. The molecule has 1 aromatic rings. The predicted molar refractivity (Wildman–Crippen MR) is 67.4 cm³/mol. The number of hydrogen-bond donors (Lipinski definition) is 2. The number of aromatic amines is 1. The van der Waals surface area contributed by atoms with Gasteiger partial charge in [-0.2, -0.15) is 0 Å². The number of amides is 1. The summed E-state index contributed by atoms with van der Waals surface area (Å²) in [6, 6.07) is 4.34. The van der Waals surface area contributed by atoms with Gasteiger partial charge in [0.15, 0.2) is 0 Å². The summed E-state index contributed by atoms with van der Waals surface area (Å²) in [5.74, 6) is -0.251. The Morgan fingerprint density at radius 3 is 2.78 bits per heavy atom. The number of carbonyl (C=O) groups is 1. The highest BCUT2D eigenvalue weighted by atomic mass is 16.3. The summed E-state index contributed by atoms with van der Waals surface area (Å²) in [6.07, 6.45) is 3.09. The average molecular weight is 250 g/mol. The van der Waals surface area contributed by atoms with Gasteiger partial charge in [-0.05, 0) is 18.9 Å². The molecule has 1 amide bonds. The molecule has 0 radical (unpaired) electrons. The third-order valence-electron chi connectivity index (χ3n) is 3.51. The average Bonchev–Trinajstić information content (AvgIpc) is 2.37. The number of nitrogens with zero attached hydrogens (tertiary/aromatic N) is 1. The molecule has 18 heavy (non-hydrogen) atoms. The third kappa shape index (κ3) is 2.61. The van der Waals surface area contributed by atoms with Gasteiger partial charge in [-0.1, -0.05) is 18.9 Å². The van der Waals surface area contributed by atoms with Crippen molar-refractivity contribution in [1.29, 1.82) is 0 Å². The van der Waals surface area contributed by atoms with Gasteiger partial charge in [0.2, 0.25) is 5.56 Å². The summed E-state index contributed by atoms with van der Waals surface area (Å²) >= 11 is 0. The van der Waals surface area contributed by atoms with Crippen LogP contribution in [0.5, 0.6) is 0 Å². The zero-order chi connectivity index (χ0) is 13.1. The topological polar surface area (TPSA) is 73.4 Å². The number of pyridine rings is 1. The lowest BCUT2D eigenvalue weighted by Gasteiger charge is -2.35. The fourth-order valence-corrected chi connectivity index (χ4v) is 2.46. The van der Waals surface area contributed by atoms with Crippen LogP contribution in [-0.4, -0.2) is 40.1 Å². The number of rotatable bonds is 2. The van der Waals surface area contributed by atoms with Crippen molar-refractivity contribution in [2.45, 2.75) is 37.8 Å². The minimum absolute atomic E-state index is 0.157. The summed E-state index contributed by atoms with van der Waals surface area (Å²) in [5.41, 5.74) is -0.0267. The summed E-state index contributed by atoms with van der Waals surface area (Å²) in [4.78, 5) is 27.4. The van der Waals surface area contributed by atoms with Crippen LogP contribution in [0, 0.1) is 0 Å². The first-order chi connectivity index (χ1) is 8.59. The minimum atomic E-state index is -0.469. The first-order valence-electron chi connectivity index (χ1n) is 6.24. The summed E-state index contributed by atoms with van der Waals surface area (Å²) in [7, 11) is 1.67. The fraction of sp³-hybridized carbons (Fsp3) is 0.538. The normalized spacial score (nSPS) is 23.7. The maximum atomic E-state index is 12.2. The van der Waals surface area contributed by atoms with E-state index in [1.54, 1.807) is 19.2 Å². The monoisotopic (exact) mass is 250 g/mol. The Balaban J connectivity index is 2.15. The van der Waals surface area contributed by atoms with Crippen LogP contribution in [0.1, 0.15) is 36.2 Å². The van der Waals surface area contributed by atoms with E-state index >= 15 is 0 Å². The molecule has 1 heterocycles. The highest BCUT2D eigenvalue weighted by Crippen LogP contribution is 2.23. The SMILES string of the molecule is CN(C(=O)c1cccc(=O)[nH]1)C1CCCCC1O. The Morgan fingerprint density at radius 2 is 2.11 bits per heavy atom. The van der Waals surface area contributed by atoms with E-state index in [2.05, 4.69) is 4.98 Å². The van der Waals surface area contributed by atoms with Crippen LogP contribution in [0.3, 0.4) is 0 Å². The summed E-state index contributed by atoms with van der Waals surface area (Å²) in [6.45, 7) is 0. The van der Waals surface area contributed by atoms with Crippen LogP contribution in [0.15, 0.2) is 23.0 Å². The van der Waals surface area contributed by atoms with Gasteiger partial charge in [0.1, 0.15) is 5.69 Å². The van der Waals surface area contributed by atoms with Crippen LogP contribution in [-0.2, 0) is 0 Å². The maximum Gasteiger partial charge on any atom is 0.270 e. The maximum absolute atomic E-state index is 12.2. The second-order valence-corrected chi connectivity index (χ2v) is 4.76. The zero-order valence-corrected chi connectivity index (χ0v) is 10.4. The van der Waals surface area contributed by atoms with Gasteiger partial charge in [-0.25, -0.2) is 0 Å². The number of H-pyrrole nitrogens is 1. The van der Waals surface area contributed by atoms with Crippen LogP contribution < -0.4 is 5.56 Å². The van der Waals surface area contributed by atoms with Gasteiger partial charge in [-0.15, -0.1) is 0 Å². The second-order valence-electron chi connectivity index (χ2n) is 4.76. The molecular formula is C13H18N2O3. The molecule has 5 nitrogen and oxygen atoms in total. The third-order valence-corrected chi connectivity index (χ3v) is 3.51. The van der Waals surface area contributed by atoms with Crippen molar-refractivity contribution in [2.24, 2.45) is 0 Å². The van der Waals surface area contributed by atoms with Gasteiger partial charge in [-0.3, -0.25) is 9.59 Å². The number of nitrogens with one attached hydrogen (secondary N) is 1. The standard InChI is InChI=1S/C13H18N2O3/c1-15(10-6-2-3-7-11(10)16)13(18)9-5-4-8-12(17)14-9/h4-5,8,10-11,16H,2-3,6-7H2,1H3,(H,14,17). The van der Waals surface area contributed by atoms with E-state index in [0.29, 0.717) is 0 Å². The van der Waals surface area contributed by atoms with Crippen LogP contribution >= 0.6 is 0 Å². The Kier molecular flexibility index (Phi) is 3.81. The lowest BCUT2D eigenvalue weighted by Crippen LogP contribution is -2.46. The van der Waals surface area contributed by atoms with Crippen molar-refractivity contribution >= 4 is 5.91 Å². The lowest BCUT2D eigenvalue weighted by molar-refractivity contribution is 0.0264. The molecule has 0 aliphatic heterocycles. The molecule has 1 aromatic heterocycles. The van der Waals surface area contributed by atoms with E-state index in [-0.39, 0.29) is 23.2 Å². The first kappa shape index (κ1) is 12.8. The first-order valence-corrected chi connectivity index (χ1v) is 6.24. The van der Waals surface area contributed by atoms with E-state index < -0.39 is 6.10 Å². The number of carbonyl (C=O) groups excluding carboxylic acids is 1. The molecule has 1 saturated carbocycles. The number of aliphatic hydroxyl groups excluding tert-OH is 1. The van der Waals surface area contributed by atoms with Gasteiger partial charge < -0.3 is 15.0 Å². The number of likely N-dealkylation sites (N-methyl/N-ethyl adjacent to an activating group) is 1. The van der Waals surface area contributed by atoms with Gasteiger partial charge in [0, 0.05) is 13.1 Å². The van der Waals surface area contributed by atoms with Gasteiger partial charge >= 0.3 is 0 Å². The molecule has 2 unspecified atom stereocenters. The van der Waals surface area contributed by atoms with E-state index in [4.69, 9.17) is 0 Å². The molecule has 5 heteroatoms. The largest absolute Gasteiger partial charge is 0.391 e. The lowest BCUT2D eigenvalue weighted by atomic mass is 9.91. The van der Waals surface area contributed by atoms with Crippen LogP contribution in [0.25, 0.3) is 0 Å². The van der Waals surface area contributed by atoms with Crippen molar-refractivity contribution in [3.8, 4) is 0 Å². The number of aliphatic hydroxyl groups is 1. The molecule has 0 bridgehead atoms. The number of hydrogen-bond acceptors (Lipinski definition) is 3. The fourth-order valence-electron chi connectivity index (χ4n) is 2.46. The Morgan fingerprint density at radius 1 is 1.39 bits per heavy atom. The molecule has 98 valence electrons. The van der Waals surface area contributed by atoms with Crippen molar-refractivity contribution in [2.75, 3.05) is 7.05 Å². The Labute approximate surface area is 105 Å². The smallest absolute Gasteiger partial charge is 0.270 e. The van der Waals surface area contributed by atoms with E-state index in [1.807, 2.05) is 0 Å². The van der Waals surface area contributed by atoms with E-state index in [0.717, 1.165) is 25.7 Å². The van der Waals surface area contributed by atoms with Gasteiger partial charge in [0.25, 0.3) is 5.91 Å². The molecular weight excluding hydrogens is 232 g/mol. The van der Waals surface area contributed by atoms with Crippen molar-refractivity contribution < 1.29 is 9.90 Å². The predicted octanol–water partition coefficient (Wildman–Crippen LogP) is 0.750. The Hall–Kier alpha value is -1.62. The second kappa shape index (κ2) is 5.35. The zero-order valence-electron chi connectivity index (χ0n) is 10.4. The van der Waals surface area contributed by atoms with Crippen LogP contribution in [0.2, 0.25) is 0 Å². The van der Waals surface area contributed by atoms with Crippen molar-refractivity contribution in [3.05, 3.63) is 34.2 Å². The number of aromatic nitrogens is 1. The molecule has 0 aromatic carbocycles. The summed E-state index contributed by atoms with van der Waals surface area (Å²) in [5, 5.41) is 9.92.